The van der Waals surface area contributed by atoms with Gasteiger partial charge in [-0.15, -0.1) is 11.3 Å². The van der Waals surface area contributed by atoms with Crippen molar-refractivity contribution in [2.75, 3.05) is 7.11 Å². The zero-order valence-electron chi connectivity index (χ0n) is 13.2. The van der Waals surface area contributed by atoms with Gasteiger partial charge in [0.25, 0.3) is 0 Å². The lowest BCUT2D eigenvalue weighted by molar-refractivity contribution is 0.373. The molecular formula is C19H13BrN2O2S. The number of thiazole rings is 1. The molecule has 0 aliphatic rings. The molecule has 4 nitrogen and oxygen atoms in total. The van der Waals surface area contributed by atoms with Crippen LogP contribution in [0.25, 0.3) is 22.9 Å². The molecule has 0 unspecified atom stereocenters. The summed E-state index contributed by atoms with van der Waals surface area (Å²) in [6, 6.07) is 15.2. The van der Waals surface area contributed by atoms with E-state index in [4.69, 9.17) is 4.74 Å². The molecule has 3 rings (SSSR count). The highest BCUT2D eigenvalue weighted by Crippen LogP contribution is 2.35. The molecular weight excluding hydrogens is 400 g/mol. The molecule has 0 aliphatic heterocycles. The Morgan fingerprint density at radius 2 is 2.08 bits per heavy atom. The summed E-state index contributed by atoms with van der Waals surface area (Å²) in [7, 11) is 1.48. The van der Waals surface area contributed by atoms with Crippen LogP contribution in [0.5, 0.6) is 11.5 Å². The normalized spacial score (nSPS) is 11.2. The number of halogens is 1. The fourth-order valence-electron chi connectivity index (χ4n) is 2.27. The number of phenolic OH excluding ortho intramolecular Hbond substituents is 1. The van der Waals surface area contributed by atoms with E-state index >= 15 is 0 Å². The van der Waals surface area contributed by atoms with Crippen molar-refractivity contribution in [1.82, 2.24) is 4.98 Å². The number of nitriles is 1. The van der Waals surface area contributed by atoms with E-state index < -0.39 is 0 Å². The maximum atomic E-state index is 9.80. The lowest BCUT2D eigenvalue weighted by Crippen LogP contribution is -1.87. The number of phenols is 1. The molecule has 124 valence electrons. The first-order valence-electron chi connectivity index (χ1n) is 7.32. The topological polar surface area (TPSA) is 66.1 Å². The van der Waals surface area contributed by atoms with Crippen molar-refractivity contribution in [2.45, 2.75) is 0 Å². The van der Waals surface area contributed by atoms with E-state index in [1.165, 1.54) is 24.5 Å². The van der Waals surface area contributed by atoms with Gasteiger partial charge in [-0.2, -0.15) is 5.26 Å². The summed E-state index contributed by atoms with van der Waals surface area (Å²) in [5.41, 5.74) is 3.02. The second kappa shape index (κ2) is 7.51. The highest BCUT2D eigenvalue weighted by atomic mass is 79.9. The minimum Gasteiger partial charge on any atom is -0.504 e. The largest absolute Gasteiger partial charge is 0.504 e. The van der Waals surface area contributed by atoms with Gasteiger partial charge < -0.3 is 9.84 Å². The van der Waals surface area contributed by atoms with Crippen molar-refractivity contribution < 1.29 is 9.84 Å². The average Bonchev–Trinajstić information content (AvgIpc) is 3.12. The van der Waals surface area contributed by atoms with Crippen LogP contribution in [0.3, 0.4) is 0 Å². The molecule has 0 radical (unpaired) electrons. The van der Waals surface area contributed by atoms with Crippen molar-refractivity contribution in [3.05, 3.63) is 62.9 Å². The van der Waals surface area contributed by atoms with Crippen molar-refractivity contribution in [3.63, 3.8) is 0 Å². The number of allylic oxidation sites excluding steroid dienone is 1. The maximum Gasteiger partial charge on any atom is 0.161 e. The lowest BCUT2D eigenvalue weighted by atomic mass is 10.1. The predicted molar refractivity (Wildman–Crippen MR) is 103 cm³/mol. The van der Waals surface area contributed by atoms with Gasteiger partial charge in [-0.1, -0.05) is 46.3 Å². The Hall–Kier alpha value is -2.62. The van der Waals surface area contributed by atoms with Crippen LogP contribution in [0.4, 0.5) is 0 Å². The minimum absolute atomic E-state index is 0.0330. The summed E-state index contributed by atoms with van der Waals surface area (Å²) >= 11 is 4.81. The molecule has 0 amide bonds. The third-order valence-corrected chi connectivity index (χ3v) is 5.08. The Labute approximate surface area is 157 Å². The summed E-state index contributed by atoms with van der Waals surface area (Å²) < 4.78 is 5.79. The first kappa shape index (κ1) is 17.2. The smallest absolute Gasteiger partial charge is 0.161 e. The van der Waals surface area contributed by atoms with Gasteiger partial charge in [-0.25, -0.2) is 4.98 Å². The van der Waals surface area contributed by atoms with Crippen LogP contribution in [-0.2, 0) is 0 Å². The van der Waals surface area contributed by atoms with Crippen LogP contribution < -0.4 is 4.74 Å². The number of ether oxygens (including phenoxy) is 1. The van der Waals surface area contributed by atoms with Crippen molar-refractivity contribution in [1.29, 1.82) is 5.26 Å². The number of hydrogen-bond acceptors (Lipinski definition) is 5. The summed E-state index contributed by atoms with van der Waals surface area (Å²) in [6.07, 6.45) is 1.72. The van der Waals surface area contributed by atoms with Crippen LogP contribution in [-0.4, -0.2) is 17.2 Å². The van der Waals surface area contributed by atoms with Crippen LogP contribution >= 0.6 is 27.3 Å². The van der Waals surface area contributed by atoms with Crippen LogP contribution in [0.2, 0.25) is 0 Å². The lowest BCUT2D eigenvalue weighted by Gasteiger charge is -2.06. The van der Waals surface area contributed by atoms with Gasteiger partial charge in [-0.05, 0) is 23.8 Å². The Morgan fingerprint density at radius 1 is 1.32 bits per heavy atom. The van der Waals surface area contributed by atoms with E-state index in [1.807, 2.05) is 35.7 Å². The number of rotatable bonds is 4. The standard InChI is InChI=1S/C19H13BrN2O2S/c1-24-18-8-13(15(20)9-17(18)23)7-14(10-21)19-22-16(11-25-19)12-5-3-2-4-6-12/h2-9,11,23H,1H3. The van der Waals surface area contributed by atoms with Crippen LogP contribution in [0.15, 0.2) is 52.3 Å². The van der Waals surface area contributed by atoms with Crippen molar-refractivity contribution in [2.24, 2.45) is 0 Å². The Morgan fingerprint density at radius 3 is 2.76 bits per heavy atom. The minimum atomic E-state index is 0.0330. The van der Waals surface area contributed by atoms with E-state index in [1.54, 1.807) is 12.1 Å². The fourth-order valence-corrected chi connectivity index (χ4v) is 3.51. The number of aromatic hydroxyl groups is 1. The van der Waals surface area contributed by atoms with E-state index in [0.717, 1.165) is 16.8 Å². The number of benzene rings is 2. The second-order valence-electron chi connectivity index (χ2n) is 5.12. The number of hydrogen-bond donors (Lipinski definition) is 1. The summed E-state index contributed by atoms with van der Waals surface area (Å²) in [5.74, 6) is 0.376. The average molecular weight is 413 g/mol. The second-order valence-corrected chi connectivity index (χ2v) is 6.83. The third-order valence-electron chi connectivity index (χ3n) is 3.52. The van der Waals surface area contributed by atoms with E-state index in [-0.39, 0.29) is 5.75 Å². The molecule has 0 saturated heterocycles. The monoisotopic (exact) mass is 412 g/mol. The quantitative estimate of drug-likeness (QED) is 0.586. The number of nitrogens with zero attached hydrogens (tertiary/aromatic N) is 2. The molecule has 6 heteroatoms. The van der Waals surface area contributed by atoms with Gasteiger partial charge >= 0.3 is 0 Å². The molecule has 1 heterocycles. The van der Waals surface area contributed by atoms with Gasteiger partial charge in [-0.3, -0.25) is 0 Å². The van der Waals surface area contributed by atoms with E-state index in [2.05, 4.69) is 27.0 Å². The van der Waals surface area contributed by atoms with Gasteiger partial charge in [0.15, 0.2) is 11.5 Å². The Balaban J connectivity index is 2.00. The first-order valence-corrected chi connectivity index (χ1v) is 8.99. The molecule has 0 spiro atoms. The molecule has 25 heavy (non-hydrogen) atoms. The predicted octanol–water partition coefficient (Wildman–Crippen LogP) is 5.35. The molecule has 1 aromatic heterocycles. The fraction of sp³-hybridized carbons (Fsp3) is 0.0526. The van der Waals surface area contributed by atoms with Crippen molar-refractivity contribution in [3.8, 4) is 28.8 Å². The van der Waals surface area contributed by atoms with E-state index in [0.29, 0.717) is 20.8 Å². The molecule has 0 bridgehead atoms. The molecule has 0 saturated carbocycles. The summed E-state index contributed by atoms with van der Waals surface area (Å²) in [6.45, 7) is 0. The van der Waals surface area contributed by atoms with Crippen molar-refractivity contribution >= 4 is 38.9 Å². The maximum absolute atomic E-state index is 9.80. The molecule has 0 atom stereocenters. The highest BCUT2D eigenvalue weighted by Gasteiger charge is 2.12. The zero-order chi connectivity index (χ0) is 17.8. The zero-order valence-corrected chi connectivity index (χ0v) is 15.6. The number of aromatic nitrogens is 1. The summed E-state index contributed by atoms with van der Waals surface area (Å²) in [4.78, 5) is 4.57. The van der Waals surface area contributed by atoms with Gasteiger partial charge in [0.05, 0.1) is 18.4 Å². The van der Waals surface area contributed by atoms with Gasteiger partial charge in [0.2, 0.25) is 0 Å². The molecule has 2 aromatic carbocycles. The summed E-state index contributed by atoms with van der Waals surface area (Å²) in [5, 5.41) is 21.9. The third kappa shape index (κ3) is 3.73. The van der Waals surface area contributed by atoms with Crippen LogP contribution in [0.1, 0.15) is 10.6 Å². The Kier molecular flexibility index (Phi) is 5.17. The van der Waals surface area contributed by atoms with Gasteiger partial charge in [0.1, 0.15) is 11.1 Å². The van der Waals surface area contributed by atoms with Crippen LogP contribution in [0, 0.1) is 11.3 Å². The van der Waals surface area contributed by atoms with E-state index in [9.17, 15) is 10.4 Å². The van der Waals surface area contributed by atoms with Gasteiger partial charge in [0, 0.05) is 15.4 Å². The molecule has 3 aromatic rings. The molecule has 0 aliphatic carbocycles. The number of methoxy groups -OCH3 is 1. The molecule has 1 N–H and O–H groups in total. The Bertz CT molecular complexity index is 975. The SMILES string of the molecule is COc1cc(C=C(C#N)c2nc(-c3ccccc3)cs2)c(Br)cc1O. The highest BCUT2D eigenvalue weighted by molar-refractivity contribution is 9.10. The first-order chi connectivity index (χ1) is 12.1. The molecule has 0 fully saturated rings.